The maximum Gasteiger partial charge on any atom is 0.410 e. The average molecular weight is 335 g/mol. The Balaban J connectivity index is 2.07. The highest BCUT2D eigenvalue weighted by atomic mass is 16.6. The van der Waals surface area contributed by atoms with Crippen molar-refractivity contribution in [2.24, 2.45) is 0 Å². The average Bonchev–Trinajstić information content (AvgIpc) is 2.45. The Morgan fingerprint density at radius 2 is 1.71 bits per heavy atom. The molecule has 0 radical (unpaired) electrons. The highest BCUT2D eigenvalue weighted by Crippen LogP contribution is 2.24. The molecule has 1 amide bonds. The van der Waals surface area contributed by atoms with E-state index in [2.05, 4.69) is 25.9 Å². The van der Waals surface area contributed by atoms with Crippen LogP contribution in [0, 0.1) is 0 Å². The number of nitrogens with zero attached hydrogens (tertiary/aromatic N) is 3. The van der Waals surface area contributed by atoms with Crippen LogP contribution in [0.2, 0.25) is 0 Å². The smallest absolute Gasteiger partial charge is 0.410 e. The molecule has 2 heterocycles. The van der Waals surface area contributed by atoms with Gasteiger partial charge in [0.15, 0.2) is 0 Å². The van der Waals surface area contributed by atoms with E-state index in [-0.39, 0.29) is 23.1 Å². The van der Waals surface area contributed by atoms with Gasteiger partial charge in [0, 0.05) is 24.6 Å². The molecule has 2 rings (SSSR count). The Morgan fingerprint density at radius 1 is 1.12 bits per heavy atom. The predicted octanol–water partition coefficient (Wildman–Crippen LogP) is 3.11. The van der Waals surface area contributed by atoms with Gasteiger partial charge in [-0.25, -0.2) is 9.48 Å². The molecule has 0 N–H and O–H groups in total. The van der Waals surface area contributed by atoms with Gasteiger partial charge >= 0.3 is 6.09 Å². The molecule has 0 bridgehead atoms. The lowest BCUT2D eigenvalue weighted by molar-refractivity contribution is 0.0183. The van der Waals surface area contributed by atoms with Crippen LogP contribution in [0.25, 0.3) is 0 Å². The third kappa shape index (κ3) is 4.58. The highest BCUT2D eigenvalue weighted by Gasteiger charge is 2.29. The maximum atomic E-state index is 12.2. The van der Waals surface area contributed by atoms with Crippen molar-refractivity contribution in [3.8, 4) is 0 Å². The van der Waals surface area contributed by atoms with Gasteiger partial charge in [0.25, 0.3) is 5.56 Å². The van der Waals surface area contributed by atoms with Gasteiger partial charge in [-0.05, 0) is 39.7 Å². The molecule has 134 valence electrons. The first-order valence-corrected chi connectivity index (χ1v) is 8.56. The second kappa shape index (κ2) is 6.57. The quantitative estimate of drug-likeness (QED) is 0.791. The number of carbonyl (C=O) groups excluding carboxylic acids is 1. The summed E-state index contributed by atoms with van der Waals surface area (Å²) in [6.45, 7) is 13.0. The number of piperidine rings is 1. The standard InChI is InChI=1S/C18H29N3O3/c1-17(2,3)14-7-8-15(22)21(19-14)13-9-11-20(12-10-13)16(23)24-18(4,5)6/h7-8,13H,9-12H2,1-6H3. The van der Waals surface area contributed by atoms with Gasteiger partial charge in [-0.3, -0.25) is 4.79 Å². The first kappa shape index (κ1) is 18.5. The summed E-state index contributed by atoms with van der Waals surface area (Å²) in [6, 6.07) is 3.42. The van der Waals surface area contributed by atoms with E-state index in [0.29, 0.717) is 25.9 Å². The zero-order valence-corrected chi connectivity index (χ0v) is 15.6. The van der Waals surface area contributed by atoms with Crippen molar-refractivity contribution in [1.82, 2.24) is 14.7 Å². The summed E-state index contributed by atoms with van der Waals surface area (Å²) >= 11 is 0. The summed E-state index contributed by atoms with van der Waals surface area (Å²) in [4.78, 5) is 26.0. The van der Waals surface area contributed by atoms with Crippen molar-refractivity contribution in [2.45, 2.75) is 71.4 Å². The molecule has 0 spiro atoms. The zero-order chi connectivity index (χ0) is 18.1. The molecule has 0 aromatic carbocycles. The molecule has 1 aromatic rings. The van der Waals surface area contributed by atoms with Crippen molar-refractivity contribution in [3.05, 3.63) is 28.2 Å². The maximum absolute atomic E-state index is 12.2. The van der Waals surface area contributed by atoms with Crippen LogP contribution in [0.1, 0.15) is 66.1 Å². The summed E-state index contributed by atoms with van der Waals surface area (Å²) in [5, 5.41) is 4.57. The van der Waals surface area contributed by atoms with Crippen molar-refractivity contribution in [1.29, 1.82) is 0 Å². The Hall–Kier alpha value is -1.85. The lowest BCUT2D eigenvalue weighted by atomic mass is 9.92. The minimum atomic E-state index is -0.493. The summed E-state index contributed by atoms with van der Waals surface area (Å²) in [5.41, 5.74) is 0.218. The second-order valence-electron chi connectivity index (χ2n) is 8.45. The van der Waals surface area contributed by atoms with Crippen molar-refractivity contribution in [3.63, 3.8) is 0 Å². The third-order valence-corrected chi connectivity index (χ3v) is 4.06. The van der Waals surface area contributed by atoms with Gasteiger partial charge < -0.3 is 9.64 Å². The fourth-order valence-electron chi connectivity index (χ4n) is 2.71. The predicted molar refractivity (Wildman–Crippen MR) is 93.3 cm³/mol. The highest BCUT2D eigenvalue weighted by molar-refractivity contribution is 5.68. The van der Waals surface area contributed by atoms with E-state index in [1.165, 1.54) is 0 Å². The molecule has 24 heavy (non-hydrogen) atoms. The largest absolute Gasteiger partial charge is 0.444 e. The number of hydrogen-bond donors (Lipinski definition) is 0. The van der Waals surface area contributed by atoms with E-state index in [1.807, 2.05) is 20.8 Å². The van der Waals surface area contributed by atoms with Gasteiger partial charge in [-0.2, -0.15) is 5.10 Å². The first-order valence-electron chi connectivity index (χ1n) is 8.56. The van der Waals surface area contributed by atoms with Crippen LogP contribution in [0.3, 0.4) is 0 Å². The van der Waals surface area contributed by atoms with Crippen LogP contribution in [0.5, 0.6) is 0 Å². The van der Waals surface area contributed by atoms with Gasteiger partial charge in [0.1, 0.15) is 5.60 Å². The van der Waals surface area contributed by atoms with Crippen LogP contribution in [-0.4, -0.2) is 39.5 Å². The number of hydrogen-bond acceptors (Lipinski definition) is 4. The Labute approximate surface area is 143 Å². The van der Waals surface area contributed by atoms with E-state index in [9.17, 15) is 9.59 Å². The van der Waals surface area contributed by atoms with E-state index >= 15 is 0 Å². The number of rotatable bonds is 1. The molecular weight excluding hydrogens is 306 g/mol. The zero-order valence-electron chi connectivity index (χ0n) is 15.6. The van der Waals surface area contributed by atoms with Gasteiger partial charge in [0.05, 0.1) is 11.7 Å². The Kier molecular flexibility index (Phi) is 5.06. The summed E-state index contributed by atoms with van der Waals surface area (Å²) in [7, 11) is 0. The molecule has 1 fully saturated rings. The molecule has 0 saturated carbocycles. The van der Waals surface area contributed by atoms with Gasteiger partial charge in [-0.15, -0.1) is 0 Å². The molecule has 0 atom stereocenters. The second-order valence-corrected chi connectivity index (χ2v) is 8.45. The van der Waals surface area contributed by atoms with Crippen LogP contribution >= 0.6 is 0 Å². The fraction of sp³-hybridized carbons (Fsp3) is 0.722. The fourth-order valence-corrected chi connectivity index (χ4v) is 2.71. The summed E-state index contributed by atoms with van der Waals surface area (Å²) in [5.74, 6) is 0. The molecule has 6 nitrogen and oxygen atoms in total. The Morgan fingerprint density at radius 3 is 2.21 bits per heavy atom. The van der Waals surface area contributed by atoms with Gasteiger partial charge in [-0.1, -0.05) is 20.8 Å². The Bertz CT molecular complexity index is 645. The SMILES string of the molecule is CC(C)(C)OC(=O)N1CCC(n2nc(C(C)(C)C)ccc2=O)CC1. The summed E-state index contributed by atoms with van der Waals surface area (Å²) in [6.07, 6.45) is 1.13. The number of likely N-dealkylation sites (tertiary alicyclic amines) is 1. The topological polar surface area (TPSA) is 64.4 Å². The van der Waals surface area contributed by atoms with Crippen LogP contribution in [0.4, 0.5) is 4.79 Å². The van der Waals surface area contributed by atoms with Crippen LogP contribution < -0.4 is 5.56 Å². The third-order valence-electron chi connectivity index (χ3n) is 4.06. The normalized spacial score (nSPS) is 17.0. The van der Waals surface area contributed by atoms with E-state index in [0.717, 1.165) is 5.69 Å². The lowest BCUT2D eigenvalue weighted by Crippen LogP contribution is -2.43. The van der Waals surface area contributed by atoms with Crippen LogP contribution in [-0.2, 0) is 10.2 Å². The number of ether oxygens (including phenoxy) is 1. The summed E-state index contributed by atoms with van der Waals surface area (Å²) < 4.78 is 7.00. The number of aromatic nitrogens is 2. The van der Waals surface area contributed by atoms with Crippen molar-refractivity contribution >= 4 is 6.09 Å². The van der Waals surface area contributed by atoms with E-state index in [4.69, 9.17) is 4.74 Å². The molecule has 1 saturated heterocycles. The van der Waals surface area contributed by atoms with Crippen molar-refractivity contribution < 1.29 is 9.53 Å². The first-order chi connectivity index (χ1) is 11.0. The number of carbonyl (C=O) groups is 1. The molecule has 0 unspecified atom stereocenters. The van der Waals surface area contributed by atoms with Crippen LogP contribution in [0.15, 0.2) is 16.9 Å². The lowest BCUT2D eigenvalue weighted by Gasteiger charge is -2.34. The van der Waals surface area contributed by atoms with Crippen molar-refractivity contribution in [2.75, 3.05) is 13.1 Å². The molecular formula is C18H29N3O3. The molecule has 1 aliphatic rings. The molecule has 0 aliphatic carbocycles. The molecule has 1 aliphatic heterocycles. The number of amides is 1. The minimum absolute atomic E-state index is 0.0264. The molecule has 6 heteroatoms. The minimum Gasteiger partial charge on any atom is -0.444 e. The van der Waals surface area contributed by atoms with Gasteiger partial charge in [0.2, 0.25) is 0 Å². The molecule has 1 aromatic heterocycles. The monoisotopic (exact) mass is 335 g/mol. The van der Waals surface area contributed by atoms with E-state index < -0.39 is 5.60 Å². The van der Waals surface area contributed by atoms with E-state index in [1.54, 1.807) is 21.7 Å².